The number of halogens is 2. The third-order valence-corrected chi connectivity index (χ3v) is 5.71. The van der Waals surface area contributed by atoms with Gasteiger partial charge in [-0.3, -0.25) is 4.90 Å². The Hall–Kier alpha value is -1.89. The third-order valence-electron chi connectivity index (χ3n) is 5.71. The summed E-state index contributed by atoms with van der Waals surface area (Å²) in [6.45, 7) is 7.64. The van der Waals surface area contributed by atoms with Crippen LogP contribution in [0.25, 0.3) is 0 Å². The van der Waals surface area contributed by atoms with E-state index < -0.39 is 24.7 Å². The second kappa shape index (κ2) is 8.86. The Labute approximate surface area is 171 Å². The summed E-state index contributed by atoms with van der Waals surface area (Å²) in [6.07, 6.45) is 1.36. The SMILES string of the molecule is C[C@H](NC(=O)OC(C)(C)C)c1ccc(C2CC(N3CC[C@@H](F)C3)C2)cc1OCF. The zero-order valence-electron chi connectivity index (χ0n) is 17.7. The Bertz CT molecular complexity index is 716. The van der Waals surface area contributed by atoms with Crippen molar-refractivity contribution in [1.29, 1.82) is 0 Å². The van der Waals surface area contributed by atoms with Gasteiger partial charge in [0.25, 0.3) is 0 Å². The van der Waals surface area contributed by atoms with Gasteiger partial charge in [-0.25, -0.2) is 13.6 Å². The smallest absolute Gasteiger partial charge is 0.408 e. The monoisotopic (exact) mass is 410 g/mol. The lowest BCUT2D eigenvalue weighted by Gasteiger charge is -2.41. The van der Waals surface area contributed by atoms with Gasteiger partial charge in [-0.05, 0) is 64.5 Å². The molecule has 1 amide bonds. The summed E-state index contributed by atoms with van der Waals surface area (Å²) in [5.41, 5.74) is 1.20. The van der Waals surface area contributed by atoms with E-state index in [2.05, 4.69) is 10.2 Å². The molecule has 1 aromatic rings. The van der Waals surface area contributed by atoms with Crippen LogP contribution in [0.15, 0.2) is 18.2 Å². The largest absolute Gasteiger partial charge is 0.463 e. The maximum Gasteiger partial charge on any atom is 0.408 e. The molecule has 0 spiro atoms. The summed E-state index contributed by atoms with van der Waals surface area (Å²) in [6, 6.07) is 5.80. The fraction of sp³-hybridized carbons (Fsp3) is 0.682. The molecule has 162 valence electrons. The summed E-state index contributed by atoms with van der Waals surface area (Å²) >= 11 is 0. The molecule has 0 aromatic heterocycles. The predicted molar refractivity (Wildman–Crippen MR) is 108 cm³/mol. The topological polar surface area (TPSA) is 50.8 Å². The van der Waals surface area contributed by atoms with Gasteiger partial charge in [-0.1, -0.05) is 12.1 Å². The van der Waals surface area contributed by atoms with Crippen LogP contribution in [0.1, 0.15) is 70.0 Å². The maximum atomic E-state index is 13.4. The van der Waals surface area contributed by atoms with Gasteiger partial charge < -0.3 is 14.8 Å². The number of alkyl carbamates (subject to hydrolysis) is 1. The molecular weight excluding hydrogens is 378 g/mol. The van der Waals surface area contributed by atoms with Gasteiger partial charge in [-0.15, -0.1) is 0 Å². The average Bonchev–Trinajstić information content (AvgIpc) is 2.98. The zero-order valence-corrected chi connectivity index (χ0v) is 17.7. The molecule has 2 fully saturated rings. The number of benzene rings is 1. The summed E-state index contributed by atoms with van der Waals surface area (Å²) in [4.78, 5) is 14.3. The van der Waals surface area contributed by atoms with E-state index in [1.54, 1.807) is 20.8 Å². The molecule has 0 bridgehead atoms. The molecule has 1 aliphatic heterocycles. The number of hydrogen-bond acceptors (Lipinski definition) is 4. The van der Waals surface area contributed by atoms with Gasteiger partial charge in [0.1, 0.15) is 17.5 Å². The Morgan fingerprint density at radius 2 is 2.07 bits per heavy atom. The molecule has 1 aromatic carbocycles. The average molecular weight is 411 g/mol. The minimum Gasteiger partial charge on any atom is -0.463 e. The molecule has 5 nitrogen and oxygen atoms in total. The highest BCUT2D eigenvalue weighted by Crippen LogP contribution is 2.43. The summed E-state index contributed by atoms with van der Waals surface area (Å²) in [7, 11) is 0. The molecule has 1 aliphatic carbocycles. The van der Waals surface area contributed by atoms with E-state index in [4.69, 9.17) is 9.47 Å². The Morgan fingerprint density at radius 1 is 1.34 bits per heavy atom. The third kappa shape index (κ3) is 5.59. The second-order valence-electron chi connectivity index (χ2n) is 9.12. The first kappa shape index (κ1) is 21.8. The van der Waals surface area contributed by atoms with Crippen LogP contribution in [-0.2, 0) is 4.74 Å². The molecule has 1 saturated carbocycles. The minimum absolute atomic E-state index is 0.365. The molecular formula is C22H32F2N2O3. The summed E-state index contributed by atoms with van der Waals surface area (Å²) in [5.74, 6) is 0.797. The van der Waals surface area contributed by atoms with E-state index in [1.165, 1.54) is 0 Å². The number of ether oxygens (including phenoxy) is 2. The zero-order chi connectivity index (χ0) is 21.2. The van der Waals surface area contributed by atoms with Crippen LogP contribution in [0.2, 0.25) is 0 Å². The highest BCUT2D eigenvalue weighted by Gasteiger charge is 2.38. The van der Waals surface area contributed by atoms with Crippen LogP contribution in [0.3, 0.4) is 0 Å². The molecule has 3 rings (SSSR count). The summed E-state index contributed by atoms with van der Waals surface area (Å²) < 4.78 is 36.9. The van der Waals surface area contributed by atoms with Gasteiger partial charge in [-0.2, -0.15) is 0 Å². The number of carbonyl (C=O) groups excluding carboxylic acids is 1. The molecule has 0 radical (unpaired) electrons. The van der Waals surface area contributed by atoms with Gasteiger partial charge in [0.15, 0.2) is 0 Å². The molecule has 0 unspecified atom stereocenters. The number of likely N-dealkylation sites (tertiary alicyclic amines) is 1. The number of amides is 1. The molecule has 2 aliphatic rings. The fourth-order valence-electron chi connectivity index (χ4n) is 4.14. The van der Waals surface area contributed by atoms with Crippen LogP contribution < -0.4 is 10.1 Å². The fourth-order valence-corrected chi connectivity index (χ4v) is 4.14. The van der Waals surface area contributed by atoms with Gasteiger partial charge in [0.05, 0.1) is 6.04 Å². The van der Waals surface area contributed by atoms with Crippen LogP contribution in [0, 0.1) is 0 Å². The molecule has 1 heterocycles. The maximum absolute atomic E-state index is 13.4. The van der Waals surface area contributed by atoms with Crippen molar-refractivity contribution in [1.82, 2.24) is 10.2 Å². The minimum atomic E-state index is -0.936. The van der Waals surface area contributed by atoms with E-state index in [-0.39, 0.29) is 6.04 Å². The first-order chi connectivity index (χ1) is 13.7. The van der Waals surface area contributed by atoms with E-state index in [0.717, 1.165) is 24.9 Å². The standard InChI is InChI=1S/C22H32F2N2O3/c1-14(25-21(27)29-22(2,3)4)19-6-5-15(11-20(19)28-13-23)16-9-18(10-16)26-8-7-17(24)12-26/h5-6,11,14,16-18H,7-10,12-13H2,1-4H3,(H,25,27)/t14-,16?,17+,18?/m0/s1. The van der Waals surface area contributed by atoms with E-state index in [1.807, 2.05) is 25.1 Å². The highest BCUT2D eigenvalue weighted by atomic mass is 19.1. The lowest BCUT2D eigenvalue weighted by atomic mass is 9.75. The van der Waals surface area contributed by atoms with Crippen molar-refractivity contribution in [3.05, 3.63) is 29.3 Å². The van der Waals surface area contributed by atoms with Crippen molar-refractivity contribution in [2.24, 2.45) is 0 Å². The van der Waals surface area contributed by atoms with E-state index >= 15 is 0 Å². The van der Waals surface area contributed by atoms with Gasteiger partial charge in [0.2, 0.25) is 6.86 Å². The highest BCUT2D eigenvalue weighted by molar-refractivity contribution is 5.68. The lowest BCUT2D eigenvalue weighted by molar-refractivity contribution is 0.0507. The number of carbonyl (C=O) groups is 1. The van der Waals surface area contributed by atoms with E-state index in [0.29, 0.717) is 36.2 Å². The molecule has 1 N–H and O–H groups in total. The number of nitrogens with zero attached hydrogens (tertiary/aromatic N) is 1. The number of hydrogen-bond donors (Lipinski definition) is 1. The van der Waals surface area contributed by atoms with Crippen molar-refractivity contribution in [3.8, 4) is 5.75 Å². The van der Waals surface area contributed by atoms with Crippen LogP contribution in [0.4, 0.5) is 13.6 Å². The number of nitrogens with one attached hydrogen (secondary N) is 1. The van der Waals surface area contributed by atoms with Gasteiger partial charge >= 0.3 is 6.09 Å². The lowest BCUT2D eigenvalue weighted by Crippen LogP contribution is -2.42. The Balaban J connectivity index is 1.63. The van der Waals surface area contributed by atoms with Crippen molar-refractivity contribution >= 4 is 6.09 Å². The predicted octanol–water partition coefficient (Wildman–Crippen LogP) is 4.87. The second-order valence-corrected chi connectivity index (χ2v) is 9.12. The van der Waals surface area contributed by atoms with Crippen molar-refractivity contribution in [2.45, 2.75) is 76.7 Å². The van der Waals surface area contributed by atoms with E-state index in [9.17, 15) is 13.6 Å². The molecule has 2 atom stereocenters. The van der Waals surface area contributed by atoms with Crippen molar-refractivity contribution in [3.63, 3.8) is 0 Å². The van der Waals surface area contributed by atoms with Crippen LogP contribution >= 0.6 is 0 Å². The Morgan fingerprint density at radius 3 is 2.66 bits per heavy atom. The molecule has 29 heavy (non-hydrogen) atoms. The van der Waals surface area contributed by atoms with Gasteiger partial charge in [0, 0.05) is 24.7 Å². The van der Waals surface area contributed by atoms with Crippen LogP contribution in [0.5, 0.6) is 5.75 Å². The number of rotatable bonds is 6. The summed E-state index contributed by atoms with van der Waals surface area (Å²) in [5, 5.41) is 2.77. The molecule has 7 heteroatoms. The normalized spacial score (nSPS) is 25.9. The first-order valence-corrected chi connectivity index (χ1v) is 10.4. The van der Waals surface area contributed by atoms with Crippen LogP contribution in [-0.4, -0.2) is 48.8 Å². The Kier molecular flexibility index (Phi) is 6.66. The molecule has 1 saturated heterocycles. The van der Waals surface area contributed by atoms with Crippen molar-refractivity contribution in [2.75, 3.05) is 20.0 Å². The number of alkyl halides is 2. The first-order valence-electron chi connectivity index (χ1n) is 10.4. The van der Waals surface area contributed by atoms with Crippen molar-refractivity contribution < 1.29 is 23.0 Å². The quantitative estimate of drug-likeness (QED) is 0.727.